The molecule has 0 fully saturated rings. The first-order chi connectivity index (χ1) is 17.8. The third-order valence-corrected chi connectivity index (χ3v) is 6.48. The average molecular weight is 505 g/mol. The van der Waals surface area contributed by atoms with Gasteiger partial charge in [-0.05, 0) is 48.6 Å². The van der Waals surface area contributed by atoms with Crippen molar-refractivity contribution in [3.05, 3.63) is 101 Å². The molecule has 3 rings (SSSR count). The molecule has 0 spiro atoms. The fourth-order valence-electron chi connectivity index (χ4n) is 3.98. The van der Waals surface area contributed by atoms with Crippen LogP contribution >= 0.6 is 0 Å². The first-order valence-corrected chi connectivity index (χ1v) is 12.9. The maximum absolute atomic E-state index is 14.7. The van der Waals surface area contributed by atoms with Gasteiger partial charge in [0.25, 0.3) is 5.91 Å². The molecule has 5 nitrogen and oxygen atoms in total. The zero-order valence-electron chi connectivity index (χ0n) is 22.1. The lowest BCUT2D eigenvalue weighted by atomic mass is 10.0. The zero-order valence-corrected chi connectivity index (χ0v) is 22.1. The number of halogens is 1. The fraction of sp³-hybridized carbons (Fsp3) is 0.355. The van der Waals surface area contributed by atoms with Gasteiger partial charge in [0.15, 0.2) is 6.61 Å². The third-order valence-electron chi connectivity index (χ3n) is 6.48. The van der Waals surface area contributed by atoms with E-state index in [4.69, 9.17) is 4.74 Å². The van der Waals surface area contributed by atoms with E-state index in [-0.39, 0.29) is 25.1 Å². The van der Waals surface area contributed by atoms with Crippen molar-refractivity contribution in [3.63, 3.8) is 0 Å². The number of amides is 2. The number of ether oxygens (including phenoxy) is 1. The SMILES string of the molecule is CC[C@H](C)NC(=O)[C@H](Cc1ccccc1)N(Cc1ccccc1F)C(=O)COc1ccc(C(C)C)cc1. The largest absolute Gasteiger partial charge is 0.484 e. The van der Waals surface area contributed by atoms with Gasteiger partial charge in [0, 0.05) is 24.6 Å². The lowest BCUT2D eigenvalue weighted by Gasteiger charge is -2.32. The standard InChI is InChI=1S/C31H37FN2O3/c1-5-23(4)33-31(36)29(19-24-11-7-6-8-12-24)34(20-26-13-9-10-14-28(26)32)30(35)21-37-27-17-15-25(16-18-27)22(2)3/h6-18,22-23,29H,5,19-21H2,1-4H3,(H,33,36)/t23-,29-/m0/s1. The monoisotopic (exact) mass is 504 g/mol. The van der Waals surface area contributed by atoms with Crippen LogP contribution in [0.2, 0.25) is 0 Å². The van der Waals surface area contributed by atoms with Gasteiger partial charge in [0.2, 0.25) is 5.91 Å². The van der Waals surface area contributed by atoms with E-state index in [1.54, 1.807) is 18.2 Å². The Morgan fingerprint density at radius 1 is 0.919 bits per heavy atom. The van der Waals surface area contributed by atoms with Crippen LogP contribution in [0.5, 0.6) is 5.75 Å². The van der Waals surface area contributed by atoms with Crippen LogP contribution < -0.4 is 10.1 Å². The van der Waals surface area contributed by atoms with E-state index in [0.717, 1.165) is 12.0 Å². The number of hydrogen-bond donors (Lipinski definition) is 1. The van der Waals surface area contributed by atoms with E-state index < -0.39 is 17.8 Å². The topological polar surface area (TPSA) is 58.6 Å². The van der Waals surface area contributed by atoms with Crippen molar-refractivity contribution in [3.8, 4) is 5.75 Å². The van der Waals surface area contributed by atoms with Crippen LogP contribution in [-0.4, -0.2) is 35.4 Å². The Balaban J connectivity index is 1.90. The van der Waals surface area contributed by atoms with Gasteiger partial charge in [-0.25, -0.2) is 4.39 Å². The summed E-state index contributed by atoms with van der Waals surface area (Å²) in [4.78, 5) is 28.5. The molecule has 2 atom stereocenters. The fourth-order valence-corrected chi connectivity index (χ4v) is 3.98. The molecule has 6 heteroatoms. The molecule has 1 N–H and O–H groups in total. The van der Waals surface area contributed by atoms with E-state index >= 15 is 0 Å². The summed E-state index contributed by atoms with van der Waals surface area (Å²) >= 11 is 0. The number of carbonyl (C=O) groups excluding carboxylic acids is 2. The highest BCUT2D eigenvalue weighted by molar-refractivity contribution is 5.88. The molecular weight excluding hydrogens is 467 g/mol. The highest BCUT2D eigenvalue weighted by atomic mass is 19.1. The Hall–Kier alpha value is -3.67. The molecule has 37 heavy (non-hydrogen) atoms. The molecule has 3 aromatic rings. The van der Waals surface area contributed by atoms with Crippen molar-refractivity contribution in [2.45, 2.75) is 65.1 Å². The van der Waals surface area contributed by atoms with E-state index in [1.165, 1.54) is 16.5 Å². The molecule has 0 saturated carbocycles. The Bertz CT molecular complexity index is 1150. The van der Waals surface area contributed by atoms with Crippen LogP contribution in [0.3, 0.4) is 0 Å². The number of rotatable bonds is 12. The summed E-state index contributed by atoms with van der Waals surface area (Å²) in [5.74, 6) is -0.145. The van der Waals surface area contributed by atoms with E-state index in [2.05, 4.69) is 19.2 Å². The van der Waals surface area contributed by atoms with Gasteiger partial charge in [0.05, 0.1) is 0 Å². The lowest BCUT2D eigenvalue weighted by molar-refractivity contribution is -0.143. The Kier molecular flexibility index (Phi) is 10.2. The van der Waals surface area contributed by atoms with Crippen molar-refractivity contribution >= 4 is 11.8 Å². The van der Waals surface area contributed by atoms with Crippen LogP contribution in [0.1, 0.15) is 56.7 Å². The second-order valence-corrected chi connectivity index (χ2v) is 9.65. The van der Waals surface area contributed by atoms with Crippen molar-refractivity contribution in [2.75, 3.05) is 6.61 Å². The summed E-state index contributed by atoms with van der Waals surface area (Å²) in [6, 6.07) is 22.6. The van der Waals surface area contributed by atoms with E-state index in [9.17, 15) is 14.0 Å². The molecule has 0 aliphatic carbocycles. The Morgan fingerprint density at radius 2 is 1.57 bits per heavy atom. The molecule has 0 aliphatic heterocycles. The first kappa shape index (κ1) is 27.9. The minimum atomic E-state index is -0.838. The van der Waals surface area contributed by atoms with Crippen LogP contribution in [0.15, 0.2) is 78.9 Å². The van der Waals surface area contributed by atoms with Crippen LogP contribution in [0, 0.1) is 5.82 Å². The second kappa shape index (κ2) is 13.6. The van der Waals surface area contributed by atoms with Gasteiger partial charge in [-0.3, -0.25) is 9.59 Å². The number of benzene rings is 3. The second-order valence-electron chi connectivity index (χ2n) is 9.65. The molecule has 0 bridgehead atoms. The molecule has 0 aromatic heterocycles. The minimum Gasteiger partial charge on any atom is -0.484 e. The molecule has 0 heterocycles. The van der Waals surface area contributed by atoms with Gasteiger partial charge in [0.1, 0.15) is 17.6 Å². The number of hydrogen-bond acceptors (Lipinski definition) is 3. The molecule has 196 valence electrons. The predicted octanol–water partition coefficient (Wildman–Crippen LogP) is 5.88. The average Bonchev–Trinajstić information content (AvgIpc) is 2.90. The quantitative estimate of drug-likeness (QED) is 0.335. The Labute approximate surface area is 219 Å². The summed E-state index contributed by atoms with van der Waals surface area (Å²) in [6.07, 6.45) is 1.05. The summed E-state index contributed by atoms with van der Waals surface area (Å²) in [5, 5.41) is 3.01. The molecule has 0 unspecified atom stereocenters. The maximum atomic E-state index is 14.7. The third kappa shape index (κ3) is 8.17. The van der Waals surface area contributed by atoms with Crippen molar-refractivity contribution < 1.29 is 18.7 Å². The highest BCUT2D eigenvalue weighted by Crippen LogP contribution is 2.20. The van der Waals surface area contributed by atoms with Gasteiger partial charge >= 0.3 is 0 Å². The number of nitrogens with zero attached hydrogens (tertiary/aromatic N) is 1. The summed E-state index contributed by atoms with van der Waals surface area (Å²) in [6.45, 7) is 7.81. The zero-order chi connectivity index (χ0) is 26.8. The van der Waals surface area contributed by atoms with Gasteiger partial charge in [-0.15, -0.1) is 0 Å². The van der Waals surface area contributed by atoms with Crippen molar-refractivity contribution in [2.24, 2.45) is 0 Å². The number of nitrogens with one attached hydrogen (secondary N) is 1. The predicted molar refractivity (Wildman–Crippen MR) is 145 cm³/mol. The van der Waals surface area contributed by atoms with Crippen LogP contribution in [0.25, 0.3) is 0 Å². The molecule has 2 amide bonds. The van der Waals surface area contributed by atoms with Gasteiger partial charge < -0.3 is 15.0 Å². The van der Waals surface area contributed by atoms with Gasteiger partial charge in [-0.1, -0.05) is 81.4 Å². The molecule has 3 aromatic carbocycles. The van der Waals surface area contributed by atoms with Crippen molar-refractivity contribution in [1.82, 2.24) is 10.2 Å². The molecule has 0 saturated heterocycles. The summed E-state index contributed by atoms with van der Waals surface area (Å²) in [5.41, 5.74) is 2.42. The maximum Gasteiger partial charge on any atom is 0.261 e. The number of carbonyl (C=O) groups is 2. The van der Waals surface area contributed by atoms with Crippen LogP contribution in [-0.2, 0) is 22.6 Å². The highest BCUT2D eigenvalue weighted by Gasteiger charge is 2.31. The van der Waals surface area contributed by atoms with Crippen LogP contribution in [0.4, 0.5) is 4.39 Å². The molecular formula is C31H37FN2O3. The van der Waals surface area contributed by atoms with E-state index in [1.807, 2.05) is 68.4 Å². The molecule has 0 aliphatic rings. The Morgan fingerprint density at radius 3 is 2.19 bits per heavy atom. The first-order valence-electron chi connectivity index (χ1n) is 12.9. The summed E-state index contributed by atoms with van der Waals surface area (Å²) < 4.78 is 20.5. The lowest BCUT2D eigenvalue weighted by Crippen LogP contribution is -2.53. The van der Waals surface area contributed by atoms with Gasteiger partial charge in [-0.2, -0.15) is 0 Å². The van der Waals surface area contributed by atoms with E-state index in [0.29, 0.717) is 23.7 Å². The summed E-state index contributed by atoms with van der Waals surface area (Å²) in [7, 11) is 0. The molecule has 0 radical (unpaired) electrons. The minimum absolute atomic E-state index is 0.0490. The smallest absolute Gasteiger partial charge is 0.261 e. The van der Waals surface area contributed by atoms with Crippen molar-refractivity contribution in [1.29, 1.82) is 0 Å². The normalized spacial score (nSPS) is 12.6.